The molecule has 5 heteroatoms. The van der Waals surface area contributed by atoms with Gasteiger partial charge in [0.2, 0.25) is 0 Å². The second-order valence-corrected chi connectivity index (χ2v) is 4.06. The van der Waals surface area contributed by atoms with Gasteiger partial charge in [0.05, 0.1) is 24.5 Å². The van der Waals surface area contributed by atoms with E-state index < -0.39 is 0 Å². The van der Waals surface area contributed by atoms with Crippen LogP contribution in [0.5, 0.6) is 0 Å². The maximum atomic E-state index is 12.1. The quantitative estimate of drug-likeness (QED) is 0.699. The van der Waals surface area contributed by atoms with Crippen LogP contribution in [0, 0.1) is 6.92 Å². The van der Waals surface area contributed by atoms with Crippen LogP contribution < -0.4 is 0 Å². The van der Waals surface area contributed by atoms with Gasteiger partial charge in [-0.1, -0.05) is 11.6 Å². The van der Waals surface area contributed by atoms with E-state index in [-0.39, 0.29) is 5.91 Å². The van der Waals surface area contributed by atoms with Crippen LogP contribution in [0.1, 0.15) is 16.1 Å². The van der Waals surface area contributed by atoms with Gasteiger partial charge >= 0.3 is 0 Å². The summed E-state index contributed by atoms with van der Waals surface area (Å²) in [5.74, 6) is 0.00460. The molecule has 0 aromatic carbocycles. The molecule has 1 aromatic rings. The highest BCUT2D eigenvalue weighted by Crippen LogP contribution is 2.13. The lowest BCUT2D eigenvalue weighted by atomic mass is 10.1. The molecule has 0 bridgehead atoms. The van der Waals surface area contributed by atoms with Crippen LogP contribution in [-0.4, -0.2) is 42.1 Å². The molecule has 2 heterocycles. The Kier molecular flexibility index (Phi) is 3.41. The van der Waals surface area contributed by atoms with Crippen molar-refractivity contribution in [3.63, 3.8) is 0 Å². The summed E-state index contributed by atoms with van der Waals surface area (Å²) in [7, 11) is 0. The summed E-state index contributed by atoms with van der Waals surface area (Å²) in [5, 5.41) is 0.413. The average molecular weight is 241 g/mol. The summed E-state index contributed by atoms with van der Waals surface area (Å²) in [6.07, 6.45) is 0. The highest BCUT2D eigenvalue weighted by atomic mass is 35.5. The van der Waals surface area contributed by atoms with E-state index in [1.54, 1.807) is 24.0 Å². The predicted molar refractivity (Wildman–Crippen MR) is 60.7 cm³/mol. The topological polar surface area (TPSA) is 42.4 Å². The second kappa shape index (κ2) is 4.80. The van der Waals surface area contributed by atoms with Gasteiger partial charge < -0.3 is 9.64 Å². The molecule has 0 unspecified atom stereocenters. The maximum absolute atomic E-state index is 12.1. The predicted octanol–water partition coefficient (Wildman–Crippen LogP) is 1.52. The number of nitrogens with zero attached hydrogens (tertiary/aromatic N) is 2. The number of carbonyl (C=O) groups excluding carboxylic acids is 1. The fraction of sp³-hybridized carbons (Fsp3) is 0.455. The molecule has 0 radical (unpaired) electrons. The maximum Gasteiger partial charge on any atom is 0.255 e. The highest BCUT2D eigenvalue weighted by molar-refractivity contribution is 6.29. The summed E-state index contributed by atoms with van der Waals surface area (Å²) >= 11 is 5.75. The van der Waals surface area contributed by atoms with Gasteiger partial charge in [0.15, 0.2) is 0 Å². The number of morpholine rings is 1. The normalized spacial score (nSPS) is 16.2. The van der Waals surface area contributed by atoms with E-state index in [0.29, 0.717) is 42.7 Å². The molecule has 0 N–H and O–H groups in total. The third-order valence-corrected chi connectivity index (χ3v) is 2.79. The summed E-state index contributed by atoms with van der Waals surface area (Å²) < 4.78 is 5.20. The van der Waals surface area contributed by atoms with E-state index in [1.807, 2.05) is 0 Å². The Bertz CT molecular complexity index is 403. The van der Waals surface area contributed by atoms with E-state index in [4.69, 9.17) is 16.3 Å². The summed E-state index contributed by atoms with van der Waals surface area (Å²) in [6.45, 7) is 4.28. The standard InChI is InChI=1S/C11H13ClN2O2/c1-8-9(2-3-10(12)13-8)11(15)14-4-6-16-7-5-14/h2-3H,4-7H2,1H3. The van der Waals surface area contributed by atoms with Gasteiger partial charge in [-0.05, 0) is 19.1 Å². The van der Waals surface area contributed by atoms with Crippen molar-refractivity contribution in [3.8, 4) is 0 Å². The lowest BCUT2D eigenvalue weighted by Gasteiger charge is -2.27. The number of ether oxygens (including phenoxy) is 1. The van der Waals surface area contributed by atoms with Gasteiger partial charge in [-0.3, -0.25) is 4.79 Å². The van der Waals surface area contributed by atoms with E-state index in [0.717, 1.165) is 0 Å². The summed E-state index contributed by atoms with van der Waals surface area (Å²) in [4.78, 5) is 18.0. The first-order valence-corrected chi connectivity index (χ1v) is 5.56. The van der Waals surface area contributed by atoms with Crippen molar-refractivity contribution in [1.29, 1.82) is 0 Å². The van der Waals surface area contributed by atoms with E-state index in [9.17, 15) is 4.79 Å². The molecule has 0 spiro atoms. The first kappa shape index (κ1) is 11.4. The largest absolute Gasteiger partial charge is 0.378 e. The van der Waals surface area contributed by atoms with Crippen LogP contribution in [0.25, 0.3) is 0 Å². The molecule has 1 saturated heterocycles. The Morgan fingerprint density at radius 1 is 1.44 bits per heavy atom. The number of carbonyl (C=O) groups is 1. The molecular weight excluding hydrogens is 228 g/mol. The van der Waals surface area contributed by atoms with Crippen LogP contribution >= 0.6 is 11.6 Å². The van der Waals surface area contributed by atoms with Crippen molar-refractivity contribution in [2.45, 2.75) is 6.92 Å². The SMILES string of the molecule is Cc1nc(Cl)ccc1C(=O)N1CCOCC1. The number of hydrogen-bond donors (Lipinski definition) is 0. The number of amides is 1. The van der Waals surface area contributed by atoms with Gasteiger partial charge in [-0.15, -0.1) is 0 Å². The fourth-order valence-corrected chi connectivity index (χ4v) is 1.88. The van der Waals surface area contributed by atoms with Crippen molar-refractivity contribution in [2.24, 2.45) is 0 Å². The van der Waals surface area contributed by atoms with Gasteiger partial charge in [0, 0.05) is 13.1 Å². The molecule has 0 saturated carbocycles. The molecule has 0 atom stereocenters. The first-order chi connectivity index (χ1) is 7.68. The smallest absolute Gasteiger partial charge is 0.255 e. The Morgan fingerprint density at radius 2 is 2.12 bits per heavy atom. The first-order valence-electron chi connectivity index (χ1n) is 5.18. The van der Waals surface area contributed by atoms with Crippen LogP contribution in [0.4, 0.5) is 0 Å². The van der Waals surface area contributed by atoms with Crippen molar-refractivity contribution in [3.05, 3.63) is 28.5 Å². The van der Waals surface area contributed by atoms with Crippen molar-refractivity contribution in [1.82, 2.24) is 9.88 Å². The minimum absolute atomic E-state index is 0.00460. The Labute approximate surface area is 99.2 Å². The van der Waals surface area contributed by atoms with Gasteiger partial charge in [0.25, 0.3) is 5.91 Å². The number of aromatic nitrogens is 1. The zero-order valence-electron chi connectivity index (χ0n) is 9.07. The molecule has 16 heavy (non-hydrogen) atoms. The second-order valence-electron chi connectivity index (χ2n) is 3.67. The van der Waals surface area contributed by atoms with Crippen LogP contribution in [-0.2, 0) is 4.74 Å². The molecule has 1 aromatic heterocycles. The van der Waals surface area contributed by atoms with Gasteiger partial charge in [-0.25, -0.2) is 4.98 Å². The molecule has 0 aliphatic carbocycles. The zero-order chi connectivity index (χ0) is 11.5. The van der Waals surface area contributed by atoms with E-state index in [1.165, 1.54) is 0 Å². The molecule has 1 amide bonds. The van der Waals surface area contributed by atoms with Crippen molar-refractivity contribution < 1.29 is 9.53 Å². The summed E-state index contributed by atoms with van der Waals surface area (Å²) in [5.41, 5.74) is 1.29. The Hall–Kier alpha value is -1.13. The molecule has 1 aliphatic rings. The molecule has 1 aliphatic heterocycles. The molecular formula is C11H13ClN2O2. The van der Waals surface area contributed by atoms with Crippen molar-refractivity contribution >= 4 is 17.5 Å². The average Bonchev–Trinajstić information content (AvgIpc) is 2.29. The van der Waals surface area contributed by atoms with E-state index >= 15 is 0 Å². The fourth-order valence-electron chi connectivity index (χ4n) is 1.69. The van der Waals surface area contributed by atoms with Crippen molar-refractivity contribution in [2.75, 3.05) is 26.3 Å². The number of aryl methyl sites for hydroxylation is 1. The Morgan fingerprint density at radius 3 is 2.75 bits per heavy atom. The van der Waals surface area contributed by atoms with Crippen LogP contribution in [0.15, 0.2) is 12.1 Å². The van der Waals surface area contributed by atoms with Gasteiger partial charge in [0.1, 0.15) is 5.15 Å². The van der Waals surface area contributed by atoms with Gasteiger partial charge in [-0.2, -0.15) is 0 Å². The molecule has 86 valence electrons. The third kappa shape index (κ3) is 2.33. The lowest BCUT2D eigenvalue weighted by molar-refractivity contribution is 0.0302. The molecule has 4 nitrogen and oxygen atoms in total. The Balaban J connectivity index is 2.19. The number of halogens is 1. The molecule has 1 fully saturated rings. The van der Waals surface area contributed by atoms with E-state index in [2.05, 4.69) is 4.98 Å². The van der Waals surface area contributed by atoms with Crippen LogP contribution in [0.3, 0.4) is 0 Å². The number of hydrogen-bond acceptors (Lipinski definition) is 3. The lowest BCUT2D eigenvalue weighted by Crippen LogP contribution is -2.41. The summed E-state index contributed by atoms with van der Waals surface area (Å²) in [6, 6.07) is 3.37. The third-order valence-electron chi connectivity index (χ3n) is 2.58. The molecule has 2 rings (SSSR count). The minimum Gasteiger partial charge on any atom is -0.378 e. The zero-order valence-corrected chi connectivity index (χ0v) is 9.83. The number of pyridine rings is 1. The monoisotopic (exact) mass is 240 g/mol. The number of rotatable bonds is 1. The van der Waals surface area contributed by atoms with Crippen LogP contribution in [0.2, 0.25) is 5.15 Å². The minimum atomic E-state index is 0.00460. The highest BCUT2D eigenvalue weighted by Gasteiger charge is 2.20.